The molecule has 0 heteroatoms. The SMILES string of the molecule is CCCCCc1ccc(CC(CCC2CCC(CCCC)CC2)C2CCCCC2)cc1. The highest BCUT2D eigenvalue weighted by Crippen LogP contribution is 2.39. The lowest BCUT2D eigenvalue weighted by atomic mass is 9.72. The first-order chi connectivity index (χ1) is 15.3. The van der Waals surface area contributed by atoms with Crippen molar-refractivity contribution in [2.75, 3.05) is 0 Å². The zero-order chi connectivity index (χ0) is 21.7. The monoisotopic (exact) mass is 424 g/mol. The normalized spacial score (nSPS) is 23.7. The molecule has 1 unspecified atom stereocenters. The molecule has 0 spiro atoms. The van der Waals surface area contributed by atoms with Crippen LogP contribution in [0.4, 0.5) is 0 Å². The Morgan fingerprint density at radius 3 is 1.94 bits per heavy atom. The van der Waals surface area contributed by atoms with Gasteiger partial charge in [0.15, 0.2) is 0 Å². The minimum atomic E-state index is 0.934. The van der Waals surface area contributed by atoms with Crippen LogP contribution in [0.15, 0.2) is 24.3 Å². The van der Waals surface area contributed by atoms with E-state index in [1.165, 1.54) is 122 Å². The standard InChI is InChI=1S/C31H52/c1-3-5-8-12-27-19-21-29(22-20-27)25-31(30-13-9-7-10-14-30)24-23-28-17-15-26(16-18-28)11-6-4-2/h19-22,26,28,30-31H,3-18,23-25H2,1-2H3. The Bertz CT molecular complexity index is 556. The van der Waals surface area contributed by atoms with Crippen molar-refractivity contribution in [3.63, 3.8) is 0 Å². The summed E-state index contributed by atoms with van der Waals surface area (Å²) in [6, 6.07) is 9.80. The van der Waals surface area contributed by atoms with Gasteiger partial charge in [-0.2, -0.15) is 0 Å². The maximum atomic E-state index is 2.47. The van der Waals surface area contributed by atoms with Gasteiger partial charge in [0, 0.05) is 0 Å². The maximum Gasteiger partial charge on any atom is -0.0248 e. The van der Waals surface area contributed by atoms with E-state index in [9.17, 15) is 0 Å². The first-order valence-electron chi connectivity index (χ1n) is 14.4. The summed E-state index contributed by atoms with van der Waals surface area (Å²) in [7, 11) is 0. The van der Waals surface area contributed by atoms with Crippen LogP contribution in [-0.2, 0) is 12.8 Å². The number of benzene rings is 1. The average molecular weight is 425 g/mol. The molecule has 0 amide bonds. The van der Waals surface area contributed by atoms with E-state index in [-0.39, 0.29) is 0 Å². The molecule has 0 saturated heterocycles. The topological polar surface area (TPSA) is 0 Å². The molecule has 1 aromatic rings. The van der Waals surface area contributed by atoms with E-state index in [1.807, 2.05) is 0 Å². The first kappa shape index (κ1) is 24.9. The van der Waals surface area contributed by atoms with E-state index in [0.717, 1.165) is 23.7 Å². The Hall–Kier alpha value is -0.780. The Morgan fingerprint density at radius 1 is 0.677 bits per heavy atom. The van der Waals surface area contributed by atoms with Gasteiger partial charge in [-0.3, -0.25) is 0 Å². The second-order valence-corrected chi connectivity index (χ2v) is 11.2. The molecule has 0 aromatic heterocycles. The molecule has 0 aliphatic heterocycles. The summed E-state index contributed by atoms with van der Waals surface area (Å²) in [4.78, 5) is 0. The van der Waals surface area contributed by atoms with Gasteiger partial charge in [-0.1, -0.05) is 134 Å². The molecular weight excluding hydrogens is 372 g/mol. The molecule has 2 fully saturated rings. The van der Waals surface area contributed by atoms with Crippen molar-refractivity contribution in [3.05, 3.63) is 35.4 Å². The molecule has 2 aliphatic rings. The molecule has 0 N–H and O–H groups in total. The molecule has 3 rings (SSSR count). The summed E-state index contributed by atoms with van der Waals surface area (Å²) >= 11 is 0. The molecule has 0 heterocycles. The fourth-order valence-corrected chi connectivity index (χ4v) is 6.59. The Labute approximate surface area is 195 Å². The fourth-order valence-electron chi connectivity index (χ4n) is 6.59. The van der Waals surface area contributed by atoms with E-state index < -0.39 is 0 Å². The minimum Gasteiger partial charge on any atom is -0.0654 e. The average Bonchev–Trinajstić information content (AvgIpc) is 2.83. The minimum absolute atomic E-state index is 0.934. The molecule has 1 atom stereocenters. The Kier molecular flexibility index (Phi) is 11.5. The number of unbranched alkanes of at least 4 members (excludes halogenated alkanes) is 3. The molecule has 0 radical (unpaired) electrons. The van der Waals surface area contributed by atoms with Gasteiger partial charge >= 0.3 is 0 Å². The van der Waals surface area contributed by atoms with Gasteiger partial charge < -0.3 is 0 Å². The number of aryl methyl sites for hydroxylation is 1. The zero-order valence-electron chi connectivity index (χ0n) is 21.1. The van der Waals surface area contributed by atoms with Crippen molar-refractivity contribution < 1.29 is 0 Å². The smallest absolute Gasteiger partial charge is 0.0248 e. The highest BCUT2D eigenvalue weighted by Gasteiger charge is 2.26. The predicted octanol–water partition coefficient (Wildman–Crippen LogP) is 9.94. The van der Waals surface area contributed by atoms with E-state index in [4.69, 9.17) is 0 Å². The van der Waals surface area contributed by atoms with E-state index in [0.29, 0.717) is 0 Å². The molecule has 2 saturated carbocycles. The third-order valence-corrected chi connectivity index (χ3v) is 8.78. The fraction of sp³-hybridized carbons (Fsp3) is 0.806. The maximum absolute atomic E-state index is 2.47. The van der Waals surface area contributed by atoms with Gasteiger partial charge in [0.25, 0.3) is 0 Å². The molecular formula is C31H52. The summed E-state index contributed by atoms with van der Waals surface area (Å²) in [5.74, 6) is 4.02. The van der Waals surface area contributed by atoms with Crippen LogP contribution in [0.25, 0.3) is 0 Å². The number of hydrogen-bond donors (Lipinski definition) is 0. The highest BCUT2D eigenvalue weighted by molar-refractivity contribution is 5.23. The van der Waals surface area contributed by atoms with Gasteiger partial charge in [-0.05, 0) is 60.5 Å². The molecule has 31 heavy (non-hydrogen) atoms. The Morgan fingerprint density at radius 2 is 1.29 bits per heavy atom. The van der Waals surface area contributed by atoms with Gasteiger partial charge in [0.2, 0.25) is 0 Å². The summed E-state index contributed by atoms with van der Waals surface area (Å²) in [6.07, 6.45) is 27.5. The van der Waals surface area contributed by atoms with Crippen LogP contribution in [0.5, 0.6) is 0 Å². The lowest BCUT2D eigenvalue weighted by Gasteiger charge is -2.33. The van der Waals surface area contributed by atoms with E-state index in [1.54, 1.807) is 11.1 Å². The molecule has 1 aromatic carbocycles. The van der Waals surface area contributed by atoms with Crippen molar-refractivity contribution in [2.24, 2.45) is 23.7 Å². The van der Waals surface area contributed by atoms with Gasteiger partial charge in [-0.15, -0.1) is 0 Å². The lowest BCUT2D eigenvalue weighted by Crippen LogP contribution is -2.22. The Balaban J connectivity index is 1.49. The summed E-state index contributed by atoms with van der Waals surface area (Å²) < 4.78 is 0. The van der Waals surface area contributed by atoms with Crippen LogP contribution in [0.3, 0.4) is 0 Å². The van der Waals surface area contributed by atoms with Crippen molar-refractivity contribution in [1.29, 1.82) is 0 Å². The second-order valence-electron chi connectivity index (χ2n) is 11.2. The van der Waals surface area contributed by atoms with Crippen LogP contribution in [0, 0.1) is 23.7 Å². The van der Waals surface area contributed by atoms with Gasteiger partial charge in [0.1, 0.15) is 0 Å². The largest absolute Gasteiger partial charge is 0.0654 e. The number of rotatable bonds is 13. The van der Waals surface area contributed by atoms with Crippen LogP contribution in [0.2, 0.25) is 0 Å². The highest BCUT2D eigenvalue weighted by atomic mass is 14.3. The lowest BCUT2D eigenvalue weighted by molar-refractivity contribution is 0.196. The van der Waals surface area contributed by atoms with Crippen molar-refractivity contribution >= 4 is 0 Å². The van der Waals surface area contributed by atoms with Crippen LogP contribution >= 0.6 is 0 Å². The van der Waals surface area contributed by atoms with Crippen LogP contribution < -0.4 is 0 Å². The van der Waals surface area contributed by atoms with E-state index in [2.05, 4.69) is 38.1 Å². The quantitative estimate of drug-likeness (QED) is 0.276. The van der Waals surface area contributed by atoms with Crippen LogP contribution in [-0.4, -0.2) is 0 Å². The van der Waals surface area contributed by atoms with Crippen molar-refractivity contribution in [3.8, 4) is 0 Å². The summed E-state index contributed by atoms with van der Waals surface area (Å²) in [5, 5.41) is 0. The first-order valence-corrected chi connectivity index (χ1v) is 14.4. The van der Waals surface area contributed by atoms with Crippen molar-refractivity contribution in [2.45, 2.75) is 136 Å². The third-order valence-electron chi connectivity index (χ3n) is 8.78. The number of hydrogen-bond acceptors (Lipinski definition) is 0. The zero-order valence-corrected chi connectivity index (χ0v) is 21.1. The summed E-state index contributed by atoms with van der Waals surface area (Å²) in [5.41, 5.74) is 3.16. The van der Waals surface area contributed by atoms with Gasteiger partial charge in [-0.25, -0.2) is 0 Å². The summed E-state index contributed by atoms with van der Waals surface area (Å²) in [6.45, 7) is 4.64. The predicted molar refractivity (Wildman–Crippen MR) is 138 cm³/mol. The molecule has 176 valence electrons. The van der Waals surface area contributed by atoms with Gasteiger partial charge in [0.05, 0.1) is 0 Å². The van der Waals surface area contributed by atoms with Crippen molar-refractivity contribution in [1.82, 2.24) is 0 Å². The molecule has 2 aliphatic carbocycles. The second kappa shape index (κ2) is 14.4. The van der Waals surface area contributed by atoms with E-state index >= 15 is 0 Å². The molecule has 0 bridgehead atoms. The third kappa shape index (κ3) is 8.94. The van der Waals surface area contributed by atoms with Crippen LogP contribution in [0.1, 0.15) is 134 Å². The molecule has 0 nitrogen and oxygen atoms in total.